The summed E-state index contributed by atoms with van der Waals surface area (Å²) < 4.78 is 37.0. The van der Waals surface area contributed by atoms with E-state index in [0.29, 0.717) is 13.0 Å². The number of likely N-dealkylation sites (tertiary alicyclic amines) is 1. The van der Waals surface area contributed by atoms with Gasteiger partial charge in [0.2, 0.25) is 0 Å². The van der Waals surface area contributed by atoms with E-state index in [2.05, 4.69) is 0 Å². The van der Waals surface area contributed by atoms with Crippen LogP contribution in [0.2, 0.25) is 0 Å². The van der Waals surface area contributed by atoms with Crippen molar-refractivity contribution in [1.29, 1.82) is 0 Å². The Morgan fingerprint density at radius 2 is 2.13 bits per heavy atom. The van der Waals surface area contributed by atoms with Gasteiger partial charge in [0, 0.05) is 25.4 Å². The molecular weight excluding hydrogens is 211 g/mol. The Bertz CT molecular complexity index is 263. The van der Waals surface area contributed by atoms with E-state index in [9.17, 15) is 18.0 Å². The molecule has 1 fully saturated rings. The Hall–Kier alpha value is -1.20. The highest BCUT2D eigenvalue weighted by Gasteiger charge is 2.41. The Balaban J connectivity index is 2.53. The Morgan fingerprint density at radius 3 is 2.67 bits per heavy atom. The van der Waals surface area contributed by atoms with Crippen LogP contribution in [0.1, 0.15) is 12.8 Å². The fraction of sp³-hybridized carbons (Fsp3) is 0.667. The molecule has 0 aliphatic carbocycles. The molecule has 1 heterocycles. The van der Waals surface area contributed by atoms with Gasteiger partial charge in [0.05, 0.1) is 5.92 Å². The molecule has 86 valence electrons. The fourth-order valence-corrected chi connectivity index (χ4v) is 1.58. The van der Waals surface area contributed by atoms with Gasteiger partial charge in [-0.1, -0.05) is 0 Å². The predicted molar refractivity (Wildman–Crippen MR) is 47.1 cm³/mol. The number of halogens is 3. The van der Waals surface area contributed by atoms with Gasteiger partial charge >= 0.3 is 12.1 Å². The van der Waals surface area contributed by atoms with Crippen LogP contribution in [-0.2, 0) is 4.79 Å². The molecule has 1 unspecified atom stereocenters. The van der Waals surface area contributed by atoms with Gasteiger partial charge < -0.3 is 10.0 Å². The summed E-state index contributed by atoms with van der Waals surface area (Å²) in [5.41, 5.74) is 0. The zero-order valence-corrected chi connectivity index (χ0v) is 8.00. The molecule has 1 N–H and O–H groups in total. The van der Waals surface area contributed by atoms with Crippen molar-refractivity contribution in [2.75, 3.05) is 13.1 Å². The Labute approximate surface area is 85.2 Å². The van der Waals surface area contributed by atoms with E-state index in [0.717, 1.165) is 6.08 Å². The Morgan fingerprint density at radius 1 is 1.47 bits per heavy atom. The van der Waals surface area contributed by atoms with E-state index in [4.69, 9.17) is 5.11 Å². The quantitative estimate of drug-likeness (QED) is 0.726. The summed E-state index contributed by atoms with van der Waals surface area (Å²) in [5, 5.41) is 8.33. The molecule has 15 heavy (non-hydrogen) atoms. The second kappa shape index (κ2) is 4.55. The lowest BCUT2D eigenvalue weighted by Crippen LogP contribution is -2.39. The minimum absolute atomic E-state index is 0.126. The van der Waals surface area contributed by atoms with Crippen molar-refractivity contribution in [1.82, 2.24) is 4.90 Å². The average Bonchev–Trinajstić information content (AvgIpc) is 2.14. The van der Waals surface area contributed by atoms with Gasteiger partial charge in [0.15, 0.2) is 0 Å². The van der Waals surface area contributed by atoms with Gasteiger partial charge in [-0.2, -0.15) is 13.2 Å². The van der Waals surface area contributed by atoms with Gasteiger partial charge in [0.1, 0.15) is 0 Å². The minimum Gasteiger partial charge on any atom is -0.478 e. The molecule has 0 bridgehead atoms. The maximum absolute atomic E-state index is 12.3. The van der Waals surface area contributed by atoms with Gasteiger partial charge in [-0.15, -0.1) is 0 Å². The maximum Gasteiger partial charge on any atom is 0.393 e. The first kappa shape index (κ1) is 11.9. The molecule has 0 saturated carbocycles. The highest BCUT2D eigenvalue weighted by atomic mass is 19.4. The van der Waals surface area contributed by atoms with E-state index in [1.54, 1.807) is 0 Å². The molecule has 0 spiro atoms. The summed E-state index contributed by atoms with van der Waals surface area (Å²) in [4.78, 5) is 11.6. The number of hydrogen-bond donors (Lipinski definition) is 1. The normalized spacial score (nSPS) is 23.4. The van der Waals surface area contributed by atoms with Crippen molar-refractivity contribution < 1.29 is 23.1 Å². The van der Waals surface area contributed by atoms with Gasteiger partial charge in [-0.25, -0.2) is 4.79 Å². The van der Waals surface area contributed by atoms with Crippen LogP contribution < -0.4 is 0 Å². The standard InChI is InChI=1S/C9H12F3NO2/c10-9(11,12)7-2-1-4-13(6-7)5-3-8(14)15/h3,5,7H,1-2,4,6H2,(H,14,15). The number of piperidine rings is 1. The van der Waals surface area contributed by atoms with Crippen molar-refractivity contribution >= 4 is 5.97 Å². The molecule has 0 aromatic carbocycles. The fourth-order valence-electron chi connectivity index (χ4n) is 1.58. The highest BCUT2D eigenvalue weighted by Crippen LogP contribution is 2.33. The number of nitrogens with zero attached hydrogens (tertiary/aromatic N) is 1. The zero-order valence-electron chi connectivity index (χ0n) is 8.00. The van der Waals surface area contributed by atoms with Crippen LogP contribution in [0.3, 0.4) is 0 Å². The first-order valence-electron chi connectivity index (χ1n) is 4.61. The van der Waals surface area contributed by atoms with Crippen molar-refractivity contribution in [3.63, 3.8) is 0 Å². The van der Waals surface area contributed by atoms with Crippen LogP contribution in [0.15, 0.2) is 12.3 Å². The summed E-state index contributed by atoms with van der Waals surface area (Å²) >= 11 is 0. The number of hydrogen-bond acceptors (Lipinski definition) is 2. The van der Waals surface area contributed by atoms with E-state index in [1.165, 1.54) is 11.1 Å². The maximum atomic E-state index is 12.3. The summed E-state index contributed by atoms with van der Waals surface area (Å²) in [5.74, 6) is -2.49. The van der Waals surface area contributed by atoms with Crippen LogP contribution in [0.5, 0.6) is 0 Å². The van der Waals surface area contributed by atoms with Crippen LogP contribution in [0.25, 0.3) is 0 Å². The molecule has 1 atom stereocenters. The number of carboxylic acids is 1. The van der Waals surface area contributed by atoms with Crippen molar-refractivity contribution in [2.24, 2.45) is 5.92 Å². The van der Waals surface area contributed by atoms with E-state index >= 15 is 0 Å². The predicted octanol–water partition coefficient (Wildman–Crippen LogP) is 1.86. The van der Waals surface area contributed by atoms with Gasteiger partial charge in [-0.05, 0) is 12.8 Å². The van der Waals surface area contributed by atoms with E-state index < -0.39 is 18.1 Å². The lowest BCUT2D eigenvalue weighted by Gasteiger charge is -2.32. The van der Waals surface area contributed by atoms with Gasteiger partial charge in [0.25, 0.3) is 0 Å². The van der Waals surface area contributed by atoms with Crippen molar-refractivity contribution in [3.8, 4) is 0 Å². The summed E-state index contributed by atoms with van der Waals surface area (Å²) in [6, 6.07) is 0. The lowest BCUT2D eigenvalue weighted by atomic mass is 9.98. The molecule has 1 rings (SSSR count). The number of carboxylic acid groups (broad SMARTS) is 1. The average molecular weight is 223 g/mol. The molecular formula is C9H12F3NO2. The summed E-state index contributed by atoms with van der Waals surface area (Å²) in [7, 11) is 0. The largest absolute Gasteiger partial charge is 0.478 e. The number of alkyl halides is 3. The van der Waals surface area contributed by atoms with Crippen LogP contribution in [0, 0.1) is 5.92 Å². The van der Waals surface area contributed by atoms with Crippen molar-refractivity contribution in [2.45, 2.75) is 19.0 Å². The smallest absolute Gasteiger partial charge is 0.393 e. The van der Waals surface area contributed by atoms with E-state index in [1.807, 2.05) is 0 Å². The molecule has 3 nitrogen and oxygen atoms in total. The van der Waals surface area contributed by atoms with Crippen LogP contribution in [-0.4, -0.2) is 35.2 Å². The summed E-state index contributed by atoms with van der Waals surface area (Å²) in [6.07, 6.45) is -1.55. The molecule has 0 radical (unpaired) electrons. The molecule has 1 saturated heterocycles. The zero-order chi connectivity index (χ0) is 11.5. The third kappa shape index (κ3) is 3.81. The highest BCUT2D eigenvalue weighted by molar-refractivity contribution is 5.79. The number of carbonyl (C=O) groups is 1. The SMILES string of the molecule is O=C(O)C=CN1CCCC(C(F)(F)F)C1. The monoisotopic (exact) mass is 223 g/mol. The first-order valence-corrected chi connectivity index (χ1v) is 4.61. The second-order valence-electron chi connectivity index (χ2n) is 3.53. The van der Waals surface area contributed by atoms with E-state index in [-0.39, 0.29) is 13.0 Å². The molecule has 0 aromatic rings. The summed E-state index contributed by atoms with van der Waals surface area (Å²) in [6.45, 7) is 0.337. The van der Waals surface area contributed by atoms with Crippen LogP contribution in [0.4, 0.5) is 13.2 Å². The molecule has 0 amide bonds. The van der Waals surface area contributed by atoms with Crippen molar-refractivity contribution in [3.05, 3.63) is 12.3 Å². The molecule has 1 aliphatic heterocycles. The van der Waals surface area contributed by atoms with Gasteiger partial charge in [-0.3, -0.25) is 0 Å². The third-order valence-corrected chi connectivity index (χ3v) is 2.34. The number of aliphatic carboxylic acids is 1. The second-order valence-corrected chi connectivity index (χ2v) is 3.53. The van der Waals surface area contributed by atoms with Crippen LogP contribution >= 0.6 is 0 Å². The first-order chi connectivity index (χ1) is 6.89. The molecule has 0 aromatic heterocycles. The molecule has 1 aliphatic rings. The third-order valence-electron chi connectivity index (χ3n) is 2.34. The minimum atomic E-state index is -4.18. The number of rotatable bonds is 2. The lowest BCUT2D eigenvalue weighted by molar-refractivity contribution is -0.184. The topological polar surface area (TPSA) is 40.5 Å². The Kier molecular flexibility index (Phi) is 3.60. The molecule has 6 heteroatoms.